The maximum absolute atomic E-state index is 12.9. The number of esters is 2. The maximum Gasteiger partial charge on any atom is 0.306 e. The molecule has 238 valence electrons. The van der Waals surface area contributed by atoms with E-state index in [1.807, 2.05) is 13.8 Å². The smallest absolute Gasteiger partial charge is 0.306 e. The van der Waals surface area contributed by atoms with Gasteiger partial charge in [-0.1, -0.05) is 34.1 Å². The lowest BCUT2D eigenvalue weighted by atomic mass is 9.44. The monoisotopic (exact) mass is 585 g/mol. The Morgan fingerprint density at radius 3 is 2.17 bits per heavy atom. The molecule has 5 unspecified atom stereocenters. The largest absolute Gasteiger partial charge is 0.461 e. The number of piperidine rings is 2. The lowest BCUT2D eigenvalue weighted by Crippen LogP contribution is -2.61. The highest BCUT2D eigenvalue weighted by molar-refractivity contribution is 5.69. The van der Waals surface area contributed by atoms with Crippen molar-refractivity contribution in [2.75, 3.05) is 33.2 Å². The van der Waals surface area contributed by atoms with Crippen LogP contribution in [0.4, 0.5) is 0 Å². The average molecular weight is 586 g/mol. The number of nitrogens with zero attached hydrogens (tertiary/aromatic N) is 2. The van der Waals surface area contributed by atoms with Crippen LogP contribution in [-0.2, 0) is 19.1 Å². The van der Waals surface area contributed by atoms with Gasteiger partial charge >= 0.3 is 11.9 Å². The molecule has 2 heterocycles. The van der Waals surface area contributed by atoms with E-state index in [-0.39, 0.29) is 29.6 Å². The van der Waals surface area contributed by atoms with Crippen LogP contribution in [0.2, 0.25) is 0 Å². The van der Waals surface area contributed by atoms with E-state index >= 15 is 0 Å². The van der Waals surface area contributed by atoms with Crippen molar-refractivity contribution in [1.82, 2.24) is 4.90 Å². The van der Waals surface area contributed by atoms with Crippen LogP contribution in [0, 0.1) is 34.5 Å². The van der Waals surface area contributed by atoms with Crippen molar-refractivity contribution in [1.29, 1.82) is 0 Å². The number of likely N-dealkylation sites (tertiary alicyclic amines) is 2. The first kappa shape index (κ1) is 30.9. The molecule has 0 aromatic heterocycles. The van der Waals surface area contributed by atoms with Gasteiger partial charge < -0.3 is 14.0 Å². The maximum atomic E-state index is 12.9. The zero-order chi connectivity index (χ0) is 29.7. The summed E-state index contributed by atoms with van der Waals surface area (Å²) in [6.45, 7) is 13.8. The quantitative estimate of drug-likeness (QED) is 0.255. The van der Waals surface area contributed by atoms with Crippen molar-refractivity contribution in [3.8, 4) is 0 Å². The van der Waals surface area contributed by atoms with Gasteiger partial charge in [0.15, 0.2) is 6.10 Å². The lowest BCUT2D eigenvalue weighted by Gasteiger charge is -2.62. The van der Waals surface area contributed by atoms with Gasteiger partial charge in [0.2, 0.25) is 0 Å². The highest BCUT2D eigenvalue weighted by atomic mass is 16.5. The zero-order valence-corrected chi connectivity index (χ0v) is 27.6. The summed E-state index contributed by atoms with van der Waals surface area (Å²) in [4.78, 5) is 28.2. The van der Waals surface area contributed by atoms with Gasteiger partial charge in [0.25, 0.3) is 0 Å². The van der Waals surface area contributed by atoms with Gasteiger partial charge in [-0.2, -0.15) is 0 Å². The van der Waals surface area contributed by atoms with Gasteiger partial charge in [0.1, 0.15) is 12.1 Å². The van der Waals surface area contributed by atoms with Crippen molar-refractivity contribution < 1.29 is 23.5 Å². The van der Waals surface area contributed by atoms with Crippen molar-refractivity contribution in [2.24, 2.45) is 34.5 Å². The summed E-state index contributed by atoms with van der Waals surface area (Å²) in [7, 11) is 2.48. The normalized spacial score (nSPS) is 45.3. The van der Waals surface area contributed by atoms with Gasteiger partial charge in [0.05, 0.1) is 20.1 Å². The average Bonchev–Trinajstić information content (AvgIpc) is 3.30. The highest BCUT2D eigenvalue weighted by Crippen LogP contribution is 2.67. The van der Waals surface area contributed by atoms with Crippen LogP contribution in [0.25, 0.3) is 0 Å². The molecule has 2 aliphatic heterocycles. The first-order valence-electron chi connectivity index (χ1n) is 18.1. The van der Waals surface area contributed by atoms with E-state index in [4.69, 9.17) is 9.47 Å². The van der Waals surface area contributed by atoms with Crippen molar-refractivity contribution in [3.05, 3.63) is 0 Å². The number of ether oxygens (including phenoxy) is 2. The van der Waals surface area contributed by atoms with Crippen LogP contribution in [0.3, 0.4) is 0 Å². The van der Waals surface area contributed by atoms with Crippen molar-refractivity contribution in [3.63, 3.8) is 0 Å². The van der Waals surface area contributed by atoms with E-state index in [2.05, 4.69) is 25.8 Å². The van der Waals surface area contributed by atoms with Gasteiger partial charge in [-0.05, 0) is 113 Å². The molecule has 4 saturated carbocycles. The molecule has 0 amide bonds. The molecule has 10 atom stereocenters. The van der Waals surface area contributed by atoms with Crippen molar-refractivity contribution >= 4 is 11.9 Å². The molecule has 0 aromatic rings. The number of hydrogen-bond acceptors (Lipinski definition) is 5. The number of hydrogen-bond donors (Lipinski definition) is 0. The van der Waals surface area contributed by atoms with Crippen LogP contribution < -0.4 is 0 Å². The second-order valence-corrected chi connectivity index (χ2v) is 16.2. The Labute approximate surface area is 256 Å². The standard InChI is InChI=1S/C36H61N2O4/c1-6-32(39)41-31-22-25-14-15-26-27(36(25,4)24-29(31)37-18-10-8-11-19-37)16-17-35(3)28(26)23-30(34(35)42-33(40)7-2)38(5)20-12-9-13-21-38/h25-31,34H,6-24H2,1-5H3/q+1/t25?,26-,27-,28+,29?,30?,31?,34?,35+,36+/m1/s1. The van der Waals surface area contributed by atoms with Crippen molar-refractivity contribution in [2.45, 2.75) is 148 Å². The second kappa shape index (κ2) is 12.0. The third-order valence-corrected chi connectivity index (χ3v) is 14.2. The number of quaternary nitrogens is 1. The summed E-state index contributed by atoms with van der Waals surface area (Å²) in [6, 6.07) is 0.798. The van der Waals surface area contributed by atoms with Gasteiger partial charge in [-0.15, -0.1) is 0 Å². The molecule has 0 spiro atoms. The third-order valence-electron chi connectivity index (χ3n) is 14.2. The van der Waals surface area contributed by atoms with E-state index in [1.54, 1.807) is 0 Å². The molecule has 0 N–H and O–H groups in total. The topological polar surface area (TPSA) is 55.8 Å². The molecular weight excluding hydrogens is 524 g/mol. The van der Waals surface area contributed by atoms with Crippen LogP contribution >= 0.6 is 0 Å². The number of carbonyl (C=O) groups excluding carboxylic acids is 2. The lowest BCUT2D eigenvalue weighted by molar-refractivity contribution is -0.940. The summed E-state index contributed by atoms with van der Waals surface area (Å²) < 4.78 is 13.9. The Hall–Kier alpha value is -1.14. The Balaban J connectivity index is 1.29. The number of rotatable bonds is 6. The SMILES string of the molecule is CCC(=O)OC1CC2CC[C@@H]3[C@@H](CC[C@]4(C)C(OC(=O)CC)C([N+]5(C)CCCCC5)C[C@@H]34)[C@@]2(C)CC1N1CCCCC1. The molecular formula is C36H61N2O4+. The molecule has 0 bridgehead atoms. The van der Waals surface area contributed by atoms with Crippen LogP contribution in [0.5, 0.6) is 0 Å². The zero-order valence-electron chi connectivity index (χ0n) is 27.6. The molecule has 6 rings (SSSR count). The third kappa shape index (κ3) is 5.26. The molecule has 6 heteroatoms. The molecule has 0 aromatic carbocycles. The highest BCUT2D eigenvalue weighted by Gasteiger charge is 2.67. The number of fused-ring (bicyclic) bond motifs is 5. The fourth-order valence-electron chi connectivity index (χ4n) is 11.8. The van der Waals surface area contributed by atoms with E-state index in [0.29, 0.717) is 48.1 Å². The summed E-state index contributed by atoms with van der Waals surface area (Å²) >= 11 is 0. The summed E-state index contributed by atoms with van der Waals surface area (Å²) in [5.74, 6) is 2.68. The Bertz CT molecular complexity index is 989. The van der Waals surface area contributed by atoms with E-state index < -0.39 is 0 Å². The fourth-order valence-corrected chi connectivity index (χ4v) is 11.8. The van der Waals surface area contributed by atoms with Crippen LogP contribution in [-0.4, -0.2) is 78.8 Å². The van der Waals surface area contributed by atoms with E-state index in [1.165, 1.54) is 90.1 Å². The predicted octanol–water partition coefficient (Wildman–Crippen LogP) is 6.75. The minimum absolute atomic E-state index is 0.00222. The van der Waals surface area contributed by atoms with E-state index in [0.717, 1.165) is 29.9 Å². The minimum Gasteiger partial charge on any atom is -0.461 e. The molecule has 42 heavy (non-hydrogen) atoms. The summed E-state index contributed by atoms with van der Waals surface area (Å²) in [5, 5.41) is 0. The Kier molecular flexibility index (Phi) is 8.81. The number of likely N-dealkylation sites (N-methyl/N-ethyl adjacent to an activating group) is 1. The summed E-state index contributed by atoms with van der Waals surface area (Å²) in [5.41, 5.74) is 0.372. The fraction of sp³-hybridized carbons (Fsp3) is 0.944. The Morgan fingerprint density at radius 2 is 1.48 bits per heavy atom. The molecule has 4 aliphatic carbocycles. The first-order chi connectivity index (χ1) is 20.1. The van der Waals surface area contributed by atoms with Gasteiger partial charge in [-0.25, -0.2) is 0 Å². The van der Waals surface area contributed by atoms with Gasteiger partial charge in [-0.3, -0.25) is 14.5 Å². The summed E-state index contributed by atoms with van der Waals surface area (Å²) in [6.07, 6.45) is 17.3. The Morgan fingerprint density at radius 1 is 0.810 bits per heavy atom. The van der Waals surface area contributed by atoms with Crippen LogP contribution in [0.1, 0.15) is 124 Å². The molecule has 0 radical (unpaired) electrons. The minimum atomic E-state index is -0.0215. The second-order valence-electron chi connectivity index (χ2n) is 16.2. The number of carbonyl (C=O) groups is 2. The molecule has 2 saturated heterocycles. The van der Waals surface area contributed by atoms with Crippen LogP contribution in [0.15, 0.2) is 0 Å². The first-order valence-corrected chi connectivity index (χ1v) is 18.1. The predicted molar refractivity (Wildman–Crippen MR) is 166 cm³/mol. The molecule has 6 aliphatic rings. The molecule has 6 fully saturated rings. The van der Waals surface area contributed by atoms with E-state index in [9.17, 15) is 9.59 Å². The molecule has 6 nitrogen and oxygen atoms in total. The van der Waals surface area contributed by atoms with Gasteiger partial charge in [0, 0.05) is 30.7 Å².